The molecule has 4 aromatic rings. The van der Waals surface area contributed by atoms with Crippen molar-refractivity contribution in [2.45, 2.75) is 63.8 Å². The molecule has 9 heteroatoms. The number of benzene rings is 4. The van der Waals surface area contributed by atoms with Crippen LogP contribution in [0.1, 0.15) is 29.2 Å². The minimum absolute atomic E-state index is 0.0486. The average Bonchev–Trinajstić information content (AvgIpc) is 3.14. The predicted octanol–water partition coefficient (Wildman–Crippen LogP) is 5.92. The van der Waals surface area contributed by atoms with Crippen LogP contribution >= 0.6 is 0 Å². The normalized spacial score (nSPS) is 18.4. The van der Waals surface area contributed by atoms with Crippen molar-refractivity contribution < 1.29 is 38.0 Å². The molecule has 0 unspecified atom stereocenters. The number of carbonyl (C=O) groups is 2. The second-order valence-electron chi connectivity index (χ2n) is 11.7. The van der Waals surface area contributed by atoms with Crippen molar-refractivity contribution in [2.24, 2.45) is 0 Å². The highest BCUT2D eigenvalue weighted by Crippen LogP contribution is 2.29. The summed E-state index contributed by atoms with van der Waals surface area (Å²) in [5, 5.41) is 3.02. The van der Waals surface area contributed by atoms with E-state index in [2.05, 4.69) is 5.32 Å². The van der Waals surface area contributed by atoms with Gasteiger partial charge in [0.2, 0.25) is 11.7 Å². The number of esters is 1. The Bertz CT molecular complexity index is 1600. The molecular weight excluding hydrogens is 622 g/mol. The van der Waals surface area contributed by atoms with Crippen LogP contribution in [0.2, 0.25) is 0 Å². The topological polar surface area (TPSA) is 102 Å². The predicted molar refractivity (Wildman–Crippen MR) is 184 cm³/mol. The molecule has 5 atom stereocenters. The highest BCUT2D eigenvalue weighted by atomic mass is 16.6. The molecule has 0 spiro atoms. The number of methoxy groups -OCH3 is 1. The molecule has 1 N–H and O–H groups in total. The fourth-order valence-corrected chi connectivity index (χ4v) is 5.57. The molecule has 256 valence electrons. The van der Waals surface area contributed by atoms with Gasteiger partial charge < -0.3 is 33.7 Å². The van der Waals surface area contributed by atoms with Crippen LogP contribution < -0.4 is 5.32 Å². The first kappa shape index (κ1) is 35.5. The average molecular weight is 666 g/mol. The summed E-state index contributed by atoms with van der Waals surface area (Å²) in [6, 6.07) is 38.2. The Labute approximate surface area is 287 Å². The Morgan fingerprint density at radius 1 is 0.694 bits per heavy atom. The summed E-state index contributed by atoms with van der Waals surface area (Å²) in [7, 11) is 1.29. The molecule has 0 aliphatic carbocycles. The van der Waals surface area contributed by atoms with Crippen LogP contribution in [0.3, 0.4) is 0 Å². The SMILES string of the molecule is COC(=O)C1=C[C@H](OCc2ccccc2)[C@@H](NC(C)=O)[C@H]([C@H](OCc2ccccc2)[C@@H](COCc2ccccc2)OCc2ccccc2)O1. The summed E-state index contributed by atoms with van der Waals surface area (Å²) in [4.78, 5) is 25.7. The molecule has 0 aromatic heterocycles. The summed E-state index contributed by atoms with van der Waals surface area (Å²) in [5.74, 6) is -1.03. The number of carbonyl (C=O) groups excluding carboxylic acids is 2. The minimum Gasteiger partial charge on any atom is -0.478 e. The Morgan fingerprint density at radius 3 is 1.69 bits per heavy atom. The van der Waals surface area contributed by atoms with Crippen LogP contribution in [0.15, 0.2) is 133 Å². The van der Waals surface area contributed by atoms with Gasteiger partial charge in [-0.05, 0) is 28.3 Å². The van der Waals surface area contributed by atoms with E-state index in [1.165, 1.54) is 14.0 Å². The summed E-state index contributed by atoms with van der Waals surface area (Å²) in [6.45, 7) is 2.58. The van der Waals surface area contributed by atoms with Crippen LogP contribution in [0.25, 0.3) is 0 Å². The standard InChI is InChI=1S/C40H43NO8/c1-29(42)41-37-34(46-25-31-17-9-4-10-18-31)23-35(40(43)44-2)49-39(37)38(48-27-33-21-13-6-14-22-33)36(47-26-32-19-11-5-12-20-32)28-45-24-30-15-7-3-8-16-30/h3-23,34,36-39H,24-28H2,1-2H3,(H,41,42)/t34-,36+,37+,38+,39+/m0/s1. The Morgan fingerprint density at radius 2 is 1.18 bits per heavy atom. The van der Waals surface area contributed by atoms with Gasteiger partial charge in [0.1, 0.15) is 18.3 Å². The third-order valence-corrected chi connectivity index (χ3v) is 8.00. The van der Waals surface area contributed by atoms with Crippen molar-refractivity contribution in [2.75, 3.05) is 13.7 Å². The van der Waals surface area contributed by atoms with E-state index in [1.807, 2.05) is 121 Å². The second-order valence-corrected chi connectivity index (χ2v) is 11.7. The number of hydrogen-bond acceptors (Lipinski definition) is 8. The maximum Gasteiger partial charge on any atom is 0.373 e. The molecule has 49 heavy (non-hydrogen) atoms. The molecule has 9 nitrogen and oxygen atoms in total. The van der Waals surface area contributed by atoms with E-state index >= 15 is 0 Å². The first-order valence-electron chi connectivity index (χ1n) is 16.3. The van der Waals surface area contributed by atoms with E-state index in [0.29, 0.717) is 6.61 Å². The molecule has 0 saturated heterocycles. The van der Waals surface area contributed by atoms with Crippen molar-refractivity contribution in [3.05, 3.63) is 155 Å². The van der Waals surface area contributed by atoms with Gasteiger partial charge >= 0.3 is 5.97 Å². The lowest BCUT2D eigenvalue weighted by Crippen LogP contribution is -2.61. The third-order valence-electron chi connectivity index (χ3n) is 8.00. The Balaban J connectivity index is 1.50. The molecule has 0 fully saturated rings. The van der Waals surface area contributed by atoms with Crippen molar-refractivity contribution in [1.29, 1.82) is 0 Å². The monoisotopic (exact) mass is 665 g/mol. The number of ether oxygens (including phenoxy) is 6. The Hall–Kier alpha value is -4.80. The summed E-state index contributed by atoms with van der Waals surface area (Å²) < 4.78 is 37.4. The van der Waals surface area contributed by atoms with Gasteiger partial charge in [-0.15, -0.1) is 0 Å². The van der Waals surface area contributed by atoms with E-state index in [1.54, 1.807) is 6.08 Å². The quantitative estimate of drug-likeness (QED) is 0.139. The second kappa shape index (κ2) is 18.7. The number of amides is 1. The van der Waals surface area contributed by atoms with Gasteiger partial charge in [-0.3, -0.25) is 4.79 Å². The van der Waals surface area contributed by atoms with Crippen molar-refractivity contribution >= 4 is 11.9 Å². The lowest BCUT2D eigenvalue weighted by molar-refractivity contribution is -0.181. The Kier molecular flexibility index (Phi) is 13.5. The van der Waals surface area contributed by atoms with Gasteiger partial charge in [-0.2, -0.15) is 0 Å². The zero-order valence-electron chi connectivity index (χ0n) is 27.8. The number of rotatable bonds is 17. The molecule has 0 radical (unpaired) electrons. The van der Waals surface area contributed by atoms with Crippen LogP contribution in [0, 0.1) is 0 Å². The van der Waals surface area contributed by atoms with E-state index in [4.69, 9.17) is 28.4 Å². The van der Waals surface area contributed by atoms with Crippen LogP contribution in [0.5, 0.6) is 0 Å². The summed E-state index contributed by atoms with van der Waals surface area (Å²) in [6.07, 6.45) is -1.74. The maximum atomic E-state index is 13.0. The molecule has 1 amide bonds. The first-order chi connectivity index (χ1) is 24.0. The molecule has 1 aliphatic heterocycles. The van der Waals surface area contributed by atoms with Gasteiger partial charge in [0, 0.05) is 6.92 Å². The van der Waals surface area contributed by atoms with E-state index < -0.39 is 36.4 Å². The minimum atomic E-state index is -0.950. The largest absolute Gasteiger partial charge is 0.478 e. The lowest BCUT2D eigenvalue weighted by atomic mass is 9.93. The van der Waals surface area contributed by atoms with Gasteiger partial charge in [0.25, 0.3) is 0 Å². The lowest BCUT2D eigenvalue weighted by Gasteiger charge is -2.42. The highest BCUT2D eigenvalue weighted by molar-refractivity contribution is 5.86. The van der Waals surface area contributed by atoms with Crippen molar-refractivity contribution in [3.8, 4) is 0 Å². The van der Waals surface area contributed by atoms with Gasteiger partial charge in [0.15, 0.2) is 6.10 Å². The van der Waals surface area contributed by atoms with Gasteiger partial charge in [0.05, 0.1) is 46.2 Å². The van der Waals surface area contributed by atoms with Crippen molar-refractivity contribution in [1.82, 2.24) is 5.32 Å². The molecule has 1 aliphatic rings. The molecule has 0 saturated carbocycles. The van der Waals surface area contributed by atoms with Gasteiger partial charge in [-0.1, -0.05) is 121 Å². The zero-order chi connectivity index (χ0) is 34.3. The van der Waals surface area contributed by atoms with Crippen molar-refractivity contribution in [3.63, 3.8) is 0 Å². The van der Waals surface area contributed by atoms with Gasteiger partial charge in [-0.25, -0.2) is 4.79 Å². The molecule has 0 bridgehead atoms. The van der Waals surface area contributed by atoms with E-state index in [-0.39, 0.29) is 38.1 Å². The molecular formula is C40H43NO8. The number of hydrogen-bond donors (Lipinski definition) is 1. The summed E-state index contributed by atoms with van der Waals surface area (Å²) >= 11 is 0. The highest BCUT2D eigenvalue weighted by Gasteiger charge is 2.46. The molecule has 4 aromatic carbocycles. The summed E-state index contributed by atoms with van der Waals surface area (Å²) in [5.41, 5.74) is 3.81. The van der Waals surface area contributed by atoms with Crippen LogP contribution in [0.4, 0.5) is 0 Å². The van der Waals surface area contributed by atoms with E-state index in [9.17, 15) is 9.59 Å². The fourth-order valence-electron chi connectivity index (χ4n) is 5.57. The van der Waals surface area contributed by atoms with E-state index in [0.717, 1.165) is 22.3 Å². The smallest absolute Gasteiger partial charge is 0.373 e. The van der Waals surface area contributed by atoms with Crippen LogP contribution in [-0.2, 0) is 64.4 Å². The maximum absolute atomic E-state index is 13.0. The first-order valence-corrected chi connectivity index (χ1v) is 16.3. The fraction of sp³-hybridized carbons (Fsp3) is 0.300. The third kappa shape index (κ3) is 10.9. The molecule has 1 heterocycles. The number of nitrogens with one attached hydrogen (secondary N) is 1. The van der Waals surface area contributed by atoms with Crippen LogP contribution in [-0.4, -0.2) is 56.1 Å². The molecule has 5 rings (SSSR count). The zero-order valence-corrected chi connectivity index (χ0v) is 27.8.